The van der Waals surface area contributed by atoms with E-state index < -0.39 is 17.7 Å². The molecular formula is C18H17N5O2. The number of amides is 2. The summed E-state index contributed by atoms with van der Waals surface area (Å²) in [5, 5.41) is 8.11. The number of fused-ring (bicyclic) bond motifs is 1. The number of hydrazone groups is 1. The third-order valence-corrected chi connectivity index (χ3v) is 3.82. The van der Waals surface area contributed by atoms with Crippen LogP contribution in [-0.4, -0.2) is 32.5 Å². The standard InChI is InChI=1S/C18H17N5O2/c1-4-6-13(5-2)23-18(25)16(11(3)22-23)17(24)21-12-7-8-14-15(9-12)20-10-19-14/h4-10,16H,1-2H2,3H3,(H,19,20)(H,21,24)/b13-6+. The number of aromatic nitrogens is 2. The number of allylic oxidation sites excluding steroid dienone is 3. The molecule has 25 heavy (non-hydrogen) atoms. The number of imidazole rings is 1. The van der Waals surface area contributed by atoms with Crippen LogP contribution in [0.2, 0.25) is 0 Å². The molecular weight excluding hydrogens is 318 g/mol. The quantitative estimate of drug-likeness (QED) is 0.650. The van der Waals surface area contributed by atoms with E-state index in [2.05, 4.69) is 33.5 Å². The first-order valence-corrected chi connectivity index (χ1v) is 7.63. The van der Waals surface area contributed by atoms with Gasteiger partial charge in [0.15, 0.2) is 5.92 Å². The number of anilines is 1. The average molecular weight is 335 g/mol. The van der Waals surface area contributed by atoms with E-state index in [0.717, 1.165) is 11.0 Å². The summed E-state index contributed by atoms with van der Waals surface area (Å²) in [4.78, 5) is 32.3. The van der Waals surface area contributed by atoms with Crippen LogP contribution in [0.3, 0.4) is 0 Å². The Kier molecular flexibility index (Phi) is 4.30. The van der Waals surface area contributed by atoms with Crippen molar-refractivity contribution in [2.24, 2.45) is 11.0 Å². The van der Waals surface area contributed by atoms with Crippen molar-refractivity contribution in [1.29, 1.82) is 0 Å². The minimum Gasteiger partial charge on any atom is -0.345 e. The Bertz CT molecular complexity index is 938. The summed E-state index contributed by atoms with van der Waals surface area (Å²) in [6.45, 7) is 8.90. The first-order chi connectivity index (χ1) is 12.0. The Hall–Kier alpha value is -3.48. The summed E-state index contributed by atoms with van der Waals surface area (Å²) >= 11 is 0. The number of hydrogen-bond donors (Lipinski definition) is 2. The molecule has 0 saturated heterocycles. The largest absolute Gasteiger partial charge is 0.345 e. The highest BCUT2D eigenvalue weighted by Gasteiger charge is 2.39. The van der Waals surface area contributed by atoms with Crippen LogP contribution in [0.15, 0.2) is 66.7 Å². The summed E-state index contributed by atoms with van der Waals surface area (Å²) in [6, 6.07) is 5.28. The van der Waals surface area contributed by atoms with Gasteiger partial charge in [-0.25, -0.2) is 4.98 Å². The van der Waals surface area contributed by atoms with E-state index in [-0.39, 0.29) is 0 Å². The van der Waals surface area contributed by atoms with Gasteiger partial charge in [0.05, 0.1) is 28.8 Å². The average Bonchev–Trinajstić information content (AvgIpc) is 3.16. The number of hydrogen-bond acceptors (Lipinski definition) is 4. The second-order valence-corrected chi connectivity index (χ2v) is 5.48. The smallest absolute Gasteiger partial charge is 0.265 e. The molecule has 7 heteroatoms. The lowest BCUT2D eigenvalue weighted by Gasteiger charge is -2.15. The van der Waals surface area contributed by atoms with Gasteiger partial charge in [-0.15, -0.1) is 0 Å². The normalized spacial score (nSPS) is 17.6. The van der Waals surface area contributed by atoms with Crippen LogP contribution in [0.1, 0.15) is 6.92 Å². The van der Waals surface area contributed by atoms with Crippen LogP contribution in [-0.2, 0) is 9.59 Å². The molecule has 3 rings (SSSR count). The van der Waals surface area contributed by atoms with E-state index in [1.54, 1.807) is 37.5 Å². The highest BCUT2D eigenvalue weighted by molar-refractivity contribution is 6.24. The van der Waals surface area contributed by atoms with Crippen molar-refractivity contribution in [2.75, 3.05) is 5.32 Å². The van der Waals surface area contributed by atoms with Crippen LogP contribution in [0.25, 0.3) is 11.0 Å². The molecule has 1 aliphatic rings. The van der Waals surface area contributed by atoms with E-state index in [4.69, 9.17) is 0 Å². The zero-order valence-corrected chi connectivity index (χ0v) is 13.7. The Labute approximate surface area is 144 Å². The lowest BCUT2D eigenvalue weighted by molar-refractivity contribution is -0.134. The fourth-order valence-corrected chi connectivity index (χ4v) is 2.63. The lowest BCUT2D eigenvalue weighted by Crippen LogP contribution is -2.35. The van der Waals surface area contributed by atoms with Crippen molar-refractivity contribution in [3.8, 4) is 0 Å². The molecule has 2 heterocycles. The molecule has 1 aromatic heterocycles. The maximum absolute atomic E-state index is 12.6. The van der Waals surface area contributed by atoms with Gasteiger partial charge in [-0.05, 0) is 37.3 Å². The molecule has 2 amide bonds. The van der Waals surface area contributed by atoms with E-state index in [1.807, 2.05) is 0 Å². The molecule has 0 fully saturated rings. The first-order valence-electron chi connectivity index (χ1n) is 7.63. The predicted molar refractivity (Wildman–Crippen MR) is 96.6 cm³/mol. The number of rotatable bonds is 5. The summed E-state index contributed by atoms with van der Waals surface area (Å²) in [6.07, 6.45) is 6.20. The van der Waals surface area contributed by atoms with Gasteiger partial charge >= 0.3 is 0 Å². The van der Waals surface area contributed by atoms with E-state index in [0.29, 0.717) is 17.1 Å². The molecule has 2 N–H and O–H groups in total. The molecule has 0 saturated carbocycles. The Morgan fingerprint density at radius 1 is 1.40 bits per heavy atom. The summed E-state index contributed by atoms with van der Waals surface area (Å²) < 4.78 is 0. The van der Waals surface area contributed by atoms with Gasteiger partial charge in [-0.1, -0.05) is 19.2 Å². The molecule has 0 aliphatic carbocycles. The molecule has 0 bridgehead atoms. The minimum atomic E-state index is -0.981. The van der Waals surface area contributed by atoms with Crippen LogP contribution in [0, 0.1) is 5.92 Å². The molecule has 1 atom stereocenters. The molecule has 126 valence electrons. The lowest BCUT2D eigenvalue weighted by atomic mass is 10.0. The van der Waals surface area contributed by atoms with Crippen molar-refractivity contribution in [3.05, 3.63) is 61.6 Å². The van der Waals surface area contributed by atoms with Crippen molar-refractivity contribution in [1.82, 2.24) is 15.0 Å². The number of aromatic amines is 1. The zero-order valence-electron chi connectivity index (χ0n) is 13.7. The molecule has 1 unspecified atom stereocenters. The Balaban J connectivity index is 1.81. The van der Waals surface area contributed by atoms with E-state index in [1.165, 1.54) is 17.2 Å². The fourth-order valence-electron chi connectivity index (χ4n) is 2.63. The van der Waals surface area contributed by atoms with Crippen LogP contribution in [0.5, 0.6) is 0 Å². The van der Waals surface area contributed by atoms with Crippen LogP contribution < -0.4 is 5.32 Å². The third-order valence-electron chi connectivity index (χ3n) is 3.82. The van der Waals surface area contributed by atoms with Gasteiger partial charge in [0, 0.05) is 5.69 Å². The zero-order chi connectivity index (χ0) is 18.0. The van der Waals surface area contributed by atoms with Gasteiger partial charge in [-0.3, -0.25) is 9.59 Å². The minimum absolute atomic E-state index is 0.418. The highest BCUT2D eigenvalue weighted by atomic mass is 16.2. The van der Waals surface area contributed by atoms with Crippen molar-refractivity contribution < 1.29 is 9.59 Å². The van der Waals surface area contributed by atoms with Crippen molar-refractivity contribution >= 4 is 34.2 Å². The van der Waals surface area contributed by atoms with E-state index >= 15 is 0 Å². The highest BCUT2D eigenvalue weighted by Crippen LogP contribution is 2.23. The number of carbonyl (C=O) groups excluding carboxylic acids is 2. The second kappa shape index (κ2) is 6.56. The van der Waals surface area contributed by atoms with Gasteiger partial charge in [-0.2, -0.15) is 10.1 Å². The first kappa shape index (κ1) is 16.4. The van der Waals surface area contributed by atoms with Gasteiger partial charge in [0.1, 0.15) is 0 Å². The maximum atomic E-state index is 12.6. The van der Waals surface area contributed by atoms with Gasteiger partial charge in [0.25, 0.3) is 5.91 Å². The predicted octanol–water partition coefficient (Wildman–Crippen LogP) is 2.59. The Morgan fingerprint density at radius 2 is 2.20 bits per heavy atom. The monoisotopic (exact) mass is 335 g/mol. The maximum Gasteiger partial charge on any atom is 0.265 e. The number of benzene rings is 1. The molecule has 1 aliphatic heterocycles. The van der Waals surface area contributed by atoms with E-state index in [9.17, 15) is 9.59 Å². The third kappa shape index (κ3) is 2.99. The molecule has 1 aromatic carbocycles. The van der Waals surface area contributed by atoms with Crippen molar-refractivity contribution in [2.45, 2.75) is 6.92 Å². The SMILES string of the molecule is C=C/C=C(\C=C)N1N=C(C)C(C(=O)Nc2ccc3nc[nH]c3c2)C1=O. The number of nitrogens with zero attached hydrogens (tertiary/aromatic N) is 3. The summed E-state index contributed by atoms with van der Waals surface area (Å²) in [5.74, 6) is -1.84. The molecule has 0 spiro atoms. The van der Waals surface area contributed by atoms with Gasteiger partial charge in [0.2, 0.25) is 5.91 Å². The molecule has 7 nitrogen and oxygen atoms in total. The van der Waals surface area contributed by atoms with Gasteiger partial charge < -0.3 is 10.3 Å². The molecule has 2 aromatic rings. The topological polar surface area (TPSA) is 90.4 Å². The fraction of sp³-hybridized carbons (Fsp3) is 0.111. The second-order valence-electron chi connectivity index (χ2n) is 5.48. The summed E-state index contributed by atoms with van der Waals surface area (Å²) in [5.41, 5.74) is 3.05. The molecule has 0 radical (unpaired) electrons. The van der Waals surface area contributed by atoms with Crippen LogP contribution >= 0.6 is 0 Å². The van der Waals surface area contributed by atoms with Crippen LogP contribution in [0.4, 0.5) is 5.69 Å². The van der Waals surface area contributed by atoms with Crippen molar-refractivity contribution in [3.63, 3.8) is 0 Å². The summed E-state index contributed by atoms with van der Waals surface area (Å²) in [7, 11) is 0. The number of H-pyrrole nitrogens is 1. The Morgan fingerprint density at radius 3 is 2.92 bits per heavy atom. The number of nitrogens with one attached hydrogen (secondary N) is 2. The number of carbonyl (C=O) groups is 2.